The minimum atomic E-state index is -0.267. The molecule has 2 heterocycles. The van der Waals surface area contributed by atoms with Crippen LogP contribution in [0.25, 0.3) is 0 Å². The molecule has 0 bridgehead atoms. The van der Waals surface area contributed by atoms with Gasteiger partial charge in [0.15, 0.2) is 5.13 Å². The molecule has 1 saturated heterocycles. The van der Waals surface area contributed by atoms with Gasteiger partial charge in [0.25, 0.3) is 0 Å². The molecule has 1 atom stereocenters. The molecule has 1 fully saturated rings. The Morgan fingerprint density at radius 1 is 1.30 bits per heavy atom. The first-order valence-electron chi connectivity index (χ1n) is 7.71. The molecular weight excluding hydrogens is 270 g/mol. The third kappa shape index (κ3) is 3.00. The second-order valence-electron chi connectivity index (χ2n) is 6.41. The zero-order valence-electron chi connectivity index (χ0n) is 12.5. The van der Waals surface area contributed by atoms with Crippen LogP contribution in [0.15, 0.2) is 0 Å². The molecule has 0 amide bonds. The van der Waals surface area contributed by atoms with Crippen molar-refractivity contribution in [2.75, 3.05) is 38.6 Å². The Bertz CT molecular complexity index is 452. The summed E-state index contributed by atoms with van der Waals surface area (Å²) in [5.41, 5.74) is 1.15. The average Bonchev–Trinajstić information content (AvgIpc) is 2.84. The van der Waals surface area contributed by atoms with Gasteiger partial charge in [-0.15, -0.1) is 0 Å². The highest BCUT2D eigenvalue weighted by Crippen LogP contribution is 2.38. The van der Waals surface area contributed by atoms with Crippen molar-refractivity contribution in [3.05, 3.63) is 10.6 Å². The Morgan fingerprint density at radius 3 is 2.70 bits per heavy atom. The van der Waals surface area contributed by atoms with E-state index in [1.165, 1.54) is 19.4 Å². The second-order valence-corrected chi connectivity index (χ2v) is 7.42. The van der Waals surface area contributed by atoms with Crippen LogP contribution in [0, 0.1) is 5.92 Å². The van der Waals surface area contributed by atoms with Crippen LogP contribution in [0.1, 0.15) is 42.4 Å². The molecule has 1 unspecified atom stereocenters. The van der Waals surface area contributed by atoms with Crippen molar-refractivity contribution in [3.8, 4) is 0 Å². The number of fused-ring (bicyclic) bond motifs is 1. The normalized spacial score (nSPS) is 24.2. The van der Waals surface area contributed by atoms with Crippen LogP contribution in [0.3, 0.4) is 0 Å². The Morgan fingerprint density at radius 2 is 2.05 bits per heavy atom. The highest BCUT2D eigenvalue weighted by atomic mass is 32.1. The molecule has 1 N–H and O–H groups in total. The van der Waals surface area contributed by atoms with E-state index in [1.807, 2.05) is 0 Å². The van der Waals surface area contributed by atoms with Gasteiger partial charge in [0, 0.05) is 19.6 Å². The predicted octanol–water partition coefficient (Wildman–Crippen LogP) is 2.29. The lowest BCUT2D eigenvalue weighted by atomic mass is 9.97. The fraction of sp³-hybridized carbons (Fsp3) is 0.800. The monoisotopic (exact) mass is 295 g/mol. The standard InChI is InChI=1S/C15H25N3OS/c1-17(2)10-11-6-8-18(9-7-11)15-16-12-4-3-5-13(19)14(12)20-15/h11,13,19H,3-10H2,1-2H3. The molecule has 1 aliphatic carbocycles. The largest absolute Gasteiger partial charge is 0.388 e. The van der Waals surface area contributed by atoms with Gasteiger partial charge >= 0.3 is 0 Å². The van der Waals surface area contributed by atoms with Gasteiger partial charge in [-0.05, 0) is 52.1 Å². The fourth-order valence-corrected chi connectivity index (χ4v) is 4.53. The summed E-state index contributed by atoms with van der Waals surface area (Å²) in [6, 6.07) is 0. The zero-order valence-corrected chi connectivity index (χ0v) is 13.3. The number of rotatable bonds is 3. The summed E-state index contributed by atoms with van der Waals surface area (Å²) in [6.45, 7) is 3.42. The van der Waals surface area contributed by atoms with Crippen LogP contribution in [0.5, 0.6) is 0 Å². The summed E-state index contributed by atoms with van der Waals surface area (Å²) in [7, 11) is 4.31. The van der Waals surface area contributed by atoms with E-state index in [9.17, 15) is 5.11 Å². The highest BCUT2D eigenvalue weighted by molar-refractivity contribution is 7.15. The number of aryl methyl sites for hydroxylation is 1. The second kappa shape index (κ2) is 6.00. The van der Waals surface area contributed by atoms with Crippen molar-refractivity contribution in [1.29, 1.82) is 0 Å². The molecule has 20 heavy (non-hydrogen) atoms. The van der Waals surface area contributed by atoms with E-state index in [1.54, 1.807) is 11.3 Å². The lowest BCUT2D eigenvalue weighted by molar-refractivity contribution is 0.160. The molecule has 2 aliphatic rings. The number of aliphatic hydroxyl groups excluding tert-OH is 1. The van der Waals surface area contributed by atoms with Gasteiger partial charge in [-0.1, -0.05) is 11.3 Å². The maximum atomic E-state index is 10.1. The maximum absolute atomic E-state index is 10.1. The van der Waals surface area contributed by atoms with Gasteiger partial charge in [0.2, 0.25) is 0 Å². The SMILES string of the molecule is CN(C)CC1CCN(c2nc3c(s2)C(O)CCC3)CC1. The molecule has 4 nitrogen and oxygen atoms in total. The number of aliphatic hydroxyl groups is 1. The van der Waals surface area contributed by atoms with E-state index < -0.39 is 0 Å². The number of thiazole rings is 1. The van der Waals surface area contributed by atoms with Crippen molar-refractivity contribution in [2.45, 2.75) is 38.2 Å². The Balaban J connectivity index is 1.64. The molecule has 5 heteroatoms. The van der Waals surface area contributed by atoms with E-state index in [-0.39, 0.29) is 6.10 Å². The van der Waals surface area contributed by atoms with Crippen molar-refractivity contribution < 1.29 is 5.11 Å². The van der Waals surface area contributed by atoms with E-state index in [2.05, 4.69) is 23.9 Å². The van der Waals surface area contributed by atoms with Crippen LogP contribution in [0.4, 0.5) is 5.13 Å². The third-order valence-corrected chi connectivity index (χ3v) is 5.68. The van der Waals surface area contributed by atoms with E-state index in [0.29, 0.717) is 0 Å². The van der Waals surface area contributed by atoms with E-state index >= 15 is 0 Å². The first kappa shape index (κ1) is 14.3. The molecule has 1 aromatic heterocycles. The lowest BCUT2D eigenvalue weighted by Gasteiger charge is -2.33. The highest BCUT2D eigenvalue weighted by Gasteiger charge is 2.26. The van der Waals surface area contributed by atoms with Gasteiger partial charge < -0.3 is 14.9 Å². The van der Waals surface area contributed by atoms with Crippen LogP contribution < -0.4 is 4.90 Å². The summed E-state index contributed by atoms with van der Waals surface area (Å²) in [4.78, 5) is 10.6. The Labute approximate surface area is 125 Å². The molecular formula is C15H25N3OS. The summed E-state index contributed by atoms with van der Waals surface area (Å²) in [6.07, 6.45) is 5.26. The minimum Gasteiger partial charge on any atom is -0.388 e. The zero-order chi connectivity index (χ0) is 14.1. The number of piperidine rings is 1. The third-order valence-electron chi connectivity index (χ3n) is 4.42. The van der Waals surface area contributed by atoms with Crippen LogP contribution in [-0.2, 0) is 6.42 Å². The smallest absolute Gasteiger partial charge is 0.185 e. The number of nitrogens with zero attached hydrogens (tertiary/aromatic N) is 3. The summed E-state index contributed by atoms with van der Waals surface area (Å²) >= 11 is 1.72. The van der Waals surface area contributed by atoms with Gasteiger partial charge in [0.05, 0.1) is 16.7 Å². The fourth-order valence-electron chi connectivity index (χ4n) is 3.34. The van der Waals surface area contributed by atoms with Crippen molar-refractivity contribution in [3.63, 3.8) is 0 Å². The van der Waals surface area contributed by atoms with Crippen molar-refractivity contribution in [2.24, 2.45) is 5.92 Å². The van der Waals surface area contributed by atoms with Gasteiger partial charge in [-0.25, -0.2) is 4.98 Å². The topological polar surface area (TPSA) is 39.6 Å². The average molecular weight is 295 g/mol. The van der Waals surface area contributed by atoms with Crippen molar-refractivity contribution in [1.82, 2.24) is 9.88 Å². The van der Waals surface area contributed by atoms with Gasteiger partial charge in [-0.3, -0.25) is 0 Å². The van der Waals surface area contributed by atoms with Crippen LogP contribution in [0.2, 0.25) is 0 Å². The molecule has 1 aliphatic heterocycles. The number of aromatic nitrogens is 1. The first-order chi connectivity index (χ1) is 9.63. The molecule has 3 rings (SSSR count). The lowest BCUT2D eigenvalue weighted by Crippen LogP contribution is -2.37. The van der Waals surface area contributed by atoms with Crippen LogP contribution in [-0.4, -0.2) is 48.7 Å². The molecule has 0 radical (unpaired) electrons. The summed E-state index contributed by atoms with van der Waals surface area (Å²) in [5.74, 6) is 0.821. The maximum Gasteiger partial charge on any atom is 0.185 e. The Kier molecular flexibility index (Phi) is 4.29. The molecule has 0 aromatic carbocycles. The molecule has 1 aromatic rings. The van der Waals surface area contributed by atoms with Crippen molar-refractivity contribution >= 4 is 16.5 Å². The molecule has 0 spiro atoms. The number of anilines is 1. The number of hydrogen-bond donors (Lipinski definition) is 1. The van der Waals surface area contributed by atoms with Crippen LogP contribution >= 0.6 is 11.3 Å². The molecule has 112 valence electrons. The van der Waals surface area contributed by atoms with E-state index in [0.717, 1.165) is 54.0 Å². The van der Waals surface area contributed by atoms with Gasteiger partial charge in [0.1, 0.15) is 0 Å². The number of hydrogen-bond acceptors (Lipinski definition) is 5. The minimum absolute atomic E-state index is 0.267. The Hall–Kier alpha value is -0.650. The predicted molar refractivity (Wildman–Crippen MR) is 83.5 cm³/mol. The van der Waals surface area contributed by atoms with Gasteiger partial charge in [-0.2, -0.15) is 0 Å². The first-order valence-corrected chi connectivity index (χ1v) is 8.52. The summed E-state index contributed by atoms with van der Waals surface area (Å²) in [5, 5.41) is 11.2. The molecule has 0 saturated carbocycles. The van der Waals surface area contributed by atoms with E-state index in [4.69, 9.17) is 4.98 Å². The summed E-state index contributed by atoms with van der Waals surface area (Å²) < 4.78 is 0. The quantitative estimate of drug-likeness (QED) is 0.929.